The molecule has 0 saturated heterocycles. The number of rotatable bonds is 3. The predicted octanol–water partition coefficient (Wildman–Crippen LogP) is 4.14. The van der Waals surface area contributed by atoms with E-state index in [0.717, 1.165) is 41.6 Å². The zero-order chi connectivity index (χ0) is 12.5. The highest BCUT2D eigenvalue weighted by molar-refractivity contribution is 9.10. The maximum Gasteiger partial charge on any atom is 0.110 e. The lowest BCUT2D eigenvalue weighted by atomic mass is 9.75. The Morgan fingerprint density at radius 3 is 2.59 bits per heavy atom. The van der Waals surface area contributed by atoms with Crippen molar-refractivity contribution in [2.24, 2.45) is 5.92 Å². The van der Waals surface area contributed by atoms with E-state index in [1.807, 2.05) is 10.8 Å². The van der Waals surface area contributed by atoms with Crippen molar-refractivity contribution in [1.82, 2.24) is 0 Å². The molecular formula is C13H19BrO2S. The van der Waals surface area contributed by atoms with Gasteiger partial charge >= 0.3 is 0 Å². The first-order chi connectivity index (χ1) is 8.09. The summed E-state index contributed by atoms with van der Waals surface area (Å²) in [5.41, 5.74) is 0.572. The normalized spacial score (nSPS) is 31.4. The minimum atomic E-state index is -0.527. The number of hydrogen-bond donors (Lipinski definition) is 1. The third-order valence-corrected chi connectivity index (χ3v) is 5.71. The zero-order valence-corrected chi connectivity index (χ0v) is 12.7. The molecule has 0 spiro atoms. The first-order valence-corrected chi connectivity index (χ1v) is 7.77. The van der Waals surface area contributed by atoms with Gasteiger partial charge in [0.1, 0.15) is 6.10 Å². The maximum absolute atomic E-state index is 10.6. The Bertz CT molecular complexity index is 369. The highest BCUT2D eigenvalue weighted by Gasteiger charge is 2.42. The third kappa shape index (κ3) is 2.60. The molecule has 1 aliphatic rings. The largest absolute Gasteiger partial charge is 0.385 e. The SMILES string of the molecule is COC1(C(O)c2cscc2Br)CCC(C)CC1. The molecule has 2 nitrogen and oxygen atoms in total. The highest BCUT2D eigenvalue weighted by Crippen LogP contribution is 2.44. The minimum absolute atomic E-state index is 0.393. The van der Waals surface area contributed by atoms with Crippen molar-refractivity contribution < 1.29 is 9.84 Å². The van der Waals surface area contributed by atoms with Crippen molar-refractivity contribution in [2.75, 3.05) is 7.11 Å². The van der Waals surface area contributed by atoms with Crippen molar-refractivity contribution in [3.8, 4) is 0 Å². The Balaban J connectivity index is 2.21. The summed E-state index contributed by atoms with van der Waals surface area (Å²) in [6.45, 7) is 2.27. The van der Waals surface area contributed by atoms with Crippen LogP contribution >= 0.6 is 27.3 Å². The van der Waals surface area contributed by atoms with Crippen LogP contribution in [0.25, 0.3) is 0 Å². The van der Waals surface area contributed by atoms with Crippen LogP contribution in [0.3, 0.4) is 0 Å². The van der Waals surface area contributed by atoms with Crippen LogP contribution in [0.15, 0.2) is 15.2 Å². The van der Waals surface area contributed by atoms with Crippen molar-refractivity contribution in [2.45, 2.75) is 44.3 Å². The third-order valence-electron chi connectivity index (χ3n) is 3.96. The summed E-state index contributed by atoms with van der Waals surface area (Å²) < 4.78 is 6.69. The summed E-state index contributed by atoms with van der Waals surface area (Å²) in [6.07, 6.45) is 3.61. The number of ether oxygens (including phenoxy) is 1. The van der Waals surface area contributed by atoms with E-state index in [1.54, 1.807) is 18.4 Å². The minimum Gasteiger partial charge on any atom is -0.385 e. The predicted molar refractivity (Wildman–Crippen MR) is 74.4 cm³/mol. The van der Waals surface area contributed by atoms with E-state index in [9.17, 15) is 5.11 Å². The van der Waals surface area contributed by atoms with E-state index in [0.29, 0.717) is 0 Å². The van der Waals surface area contributed by atoms with E-state index in [2.05, 4.69) is 22.9 Å². The van der Waals surface area contributed by atoms with Gasteiger partial charge in [0.25, 0.3) is 0 Å². The molecule has 0 bridgehead atoms. The van der Waals surface area contributed by atoms with E-state index < -0.39 is 11.7 Å². The lowest BCUT2D eigenvalue weighted by Crippen LogP contribution is -2.41. The lowest BCUT2D eigenvalue weighted by molar-refractivity contribution is -0.130. The summed E-state index contributed by atoms with van der Waals surface area (Å²) in [4.78, 5) is 0. The molecule has 4 heteroatoms. The van der Waals surface area contributed by atoms with Gasteiger partial charge in [-0.3, -0.25) is 0 Å². The Kier molecular flexibility index (Phi) is 4.29. The standard InChI is InChI=1S/C13H19BrO2S/c1-9-3-5-13(16-2,6-4-9)12(15)10-7-17-8-11(10)14/h7-9,12,15H,3-6H2,1-2H3. The van der Waals surface area contributed by atoms with Crippen LogP contribution in [0.4, 0.5) is 0 Å². The van der Waals surface area contributed by atoms with E-state index in [4.69, 9.17) is 4.74 Å². The molecular weight excluding hydrogens is 300 g/mol. The molecule has 1 aromatic heterocycles. The number of hydrogen-bond acceptors (Lipinski definition) is 3. The second-order valence-corrected chi connectivity index (χ2v) is 6.63. The van der Waals surface area contributed by atoms with Gasteiger partial charge in [-0.15, -0.1) is 0 Å². The van der Waals surface area contributed by atoms with Gasteiger partial charge in [-0.25, -0.2) is 0 Å². The lowest BCUT2D eigenvalue weighted by Gasteiger charge is -2.41. The molecule has 1 aliphatic carbocycles. The molecule has 17 heavy (non-hydrogen) atoms. The summed E-state index contributed by atoms with van der Waals surface area (Å²) >= 11 is 5.10. The Morgan fingerprint density at radius 2 is 2.12 bits per heavy atom. The van der Waals surface area contributed by atoms with E-state index >= 15 is 0 Å². The van der Waals surface area contributed by atoms with Crippen LogP contribution in [0, 0.1) is 5.92 Å². The van der Waals surface area contributed by atoms with Gasteiger partial charge in [0.2, 0.25) is 0 Å². The van der Waals surface area contributed by atoms with Crippen LogP contribution < -0.4 is 0 Å². The summed E-state index contributed by atoms with van der Waals surface area (Å²) in [5.74, 6) is 0.747. The van der Waals surface area contributed by atoms with Gasteiger partial charge < -0.3 is 9.84 Å². The van der Waals surface area contributed by atoms with Crippen molar-refractivity contribution >= 4 is 27.3 Å². The molecule has 1 heterocycles. The van der Waals surface area contributed by atoms with Crippen molar-refractivity contribution in [3.05, 3.63) is 20.8 Å². The number of methoxy groups -OCH3 is 1. The van der Waals surface area contributed by atoms with Crippen LogP contribution in [0.2, 0.25) is 0 Å². The first kappa shape index (κ1) is 13.5. The average molecular weight is 319 g/mol. The molecule has 1 aromatic rings. The van der Waals surface area contributed by atoms with Crippen LogP contribution in [0.1, 0.15) is 44.3 Å². The molecule has 0 radical (unpaired) electrons. The smallest absolute Gasteiger partial charge is 0.110 e. The number of halogens is 1. The maximum atomic E-state index is 10.6. The van der Waals surface area contributed by atoms with Gasteiger partial charge in [0, 0.05) is 22.5 Å². The van der Waals surface area contributed by atoms with Crippen molar-refractivity contribution in [1.29, 1.82) is 0 Å². The fraction of sp³-hybridized carbons (Fsp3) is 0.692. The number of aliphatic hydroxyl groups excluding tert-OH is 1. The summed E-state index contributed by atoms with van der Waals surface area (Å²) in [6, 6.07) is 0. The average Bonchev–Trinajstić information content (AvgIpc) is 2.76. The Labute approximate surface area is 115 Å². The van der Waals surface area contributed by atoms with Gasteiger partial charge in [0.05, 0.1) is 5.60 Å². The molecule has 0 aliphatic heterocycles. The molecule has 1 saturated carbocycles. The molecule has 96 valence electrons. The monoisotopic (exact) mass is 318 g/mol. The van der Waals surface area contributed by atoms with Gasteiger partial charge in [-0.2, -0.15) is 11.3 Å². The Morgan fingerprint density at radius 1 is 1.47 bits per heavy atom. The summed E-state index contributed by atoms with van der Waals surface area (Å²) in [7, 11) is 1.72. The zero-order valence-electron chi connectivity index (χ0n) is 10.3. The fourth-order valence-electron chi connectivity index (χ4n) is 2.61. The quantitative estimate of drug-likeness (QED) is 0.907. The van der Waals surface area contributed by atoms with Crippen molar-refractivity contribution in [3.63, 3.8) is 0 Å². The molecule has 2 rings (SSSR count). The molecule has 0 amide bonds. The van der Waals surface area contributed by atoms with Crippen LogP contribution in [-0.2, 0) is 4.74 Å². The van der Waals surface area contributed by atoms with Gasteiger partial charge in [-0.1, -0.05) is 6.92 Å². The summed E-state index contributed by atoms with van der Waals surface area (Å²) in [5, 5.41) is 14.6. The molecule has 1 fully saturated rings. The second kappa shape index (κ2) is 5.39. The first-order valence-electron chi connectivity index (χ1n) is 6.04. The van der Waals surface area contributed by atoms with Gasteiger partial charge in [0.15, 0.2) is 0 Å². The second-order valence-electron chi connectivity index (χ2n) is 5.03. The van der Waals surface area contributed by atoms with Crippen LogP contribution in [-0.4, -0.2) is 17.8 Å². The van der Waals surface area contributed by atoms with E-state index in [-0.39, 0.29) is 0 Å². The van der Waals surface area contributed by atoms with Gasteiger partial charge in [-0.05, 0) is 52.9 Å². The fourth-order valence-corrected chi connectivity index (χ4v) is 4.14. The van der Waals surface area contributed by atoms with Crippen LogP contribution in [0.5, 0.6) is 0 Å². The molecule has 1 N–H and O–H groups in total. The number of thiophene rings is 1. The molecule has 0 aromatic carbocycles. The van der Waals surface area contributed by atoms with E-state index in [1.165, 1.54) is 0 Å². The molecule has 1 unspecified atom stereocenters. The topological polar surface area (TPSA) is 29.5 Å². The Hall–Kier alpha value is 0.100. The molecule has 1 atom stereocenters. The number of aliphatic hydroxyl groups is 1. The highest BCUT2D eigenvalue weighted by atomic mass is 79.9.